The lowest BCUT2D eigenvalue weighted by Gasteiger charge is -2.21. The van der Waals surface area contributed by atoms with Crippen LogP contribution in [-0.4, -0.2) is 44.2 Å². The van der Waals surface area contributed by atoms with Crippen LogP contribution in [0.3, 0.4) is 0 Å². The number of aromatic nitrogens is 2. The van der Waals surface area contributed by atoms with Crippen LogP contribution in [0.5, 0.6) is 0 Å². The van der Waals surface area contributed by atoms with E-state index in [2.05, 4.69) is 17.3 Å². The summed E-state index contributed by atoms with van der Waals surface area (Å²) in [5.74, 6) is 0.680. The molecule has 1 aromatic heterocycles. The van der Waals surface area contributed by atoms with Crippen LogP contribution in [0.2, 0.25) is 5.15 Å². The average molecular weight is 447 g/mol. The molecule has 1 aromatic carbocycles. The Kier molecular flexibility index (Phi) is 7.61. The summed E-state index contributed by atoms with van der Waals surface area (Å²) in [7, 11) is 0. The summed E-state index contributed by atoms with van der Waals surface area (Å²) in [4.78, 5) is 27.2. The van der Waals surface area contributed by atoms with Crippen molar-refractivity contribution in [3.8, 4) is 0 Å². The van der Waals surface area contributed by atoms with Crippen molar-refractivity contribution >= 4 is 46.9 Å². The van der Waals surface area contributed by atoms with Crippen molar-refractivity contribution < 1.29 is 9.59 Å². The molecule has 2 amide bonds. The SMILES string of the molecule is CCCCn1nc(C)c(C=CC(=O)N2CSCC2C(=O)Nc2cccc(C)c2)c1Cl. The van der Waals surface area contributed by atoms with Crippen LogP contribution in [0.25, 0.3) is 6.08 Å². The highest BCUT2D eigenvalue weighted by molar-refractivity contribution is 7.99. The normalized spacial score (nSPS) is 16.4. The van der Waals surface area contributed by atoms with Crippen LogP contribution in [0.4, 0.5) is 5.69 Å². The van der Waals surface area contributed by atoms with Crippen molar-refractivity contribution in [2.45, 2.75) is 46.2 Å². The van der Waals surface area contributed by atoms with Gasteiger partial charge in [-0.15, -0.1) is 11.8 Å². The number of nitrogens with zero attached hydrogens (tertiary/aromatic N) is 3. The van der Waals surface area contributed by atoms with Crippen LogP contribution < -0.4 is 5.32 Å². The van der Waals surface area contributed by atoms with Crippen LogP contribution in [-0.2, 0) is 16.1 Å². The predicted molar refractivity (Wildman–Crippen MR) is 124 cm³/mol. The van der Waals surface area contributed by atoms with E-state index in [0.29, 0.717) is 16.8 Å². The number of unbranched alkanes of at least 4 members (excludes halogenated alkanes) is 1. The summed E-state index contributed by atoms with van der Waals surface area (Å²) in [6.07, 6.45) is 5.23. The molecule has 6 nitrogen and oxygen atoms in total. The zero-order chi connectivity index (χ0) is 21.7. The number of thioether (sulfide) groups is 1. The van der Waals surface area contributed by atoms with E-state index in [1.54, 1.807) is 27.4 Å². The van der Waals surface area contributed by atoms with Crippen molar-refractivity contribution in [2.75, 3.05) is 16.9 Å². The molecule has 1 atom stereocenters. The standard InChI is InChI=1S/C22H27ClN4O2S/c1-4-5-11-27-21(23)18(16(3)25-27)9-10-20(28)26-14-30-13-19(26)22(29)24-17-8-6-7-15(2)12-17/h6-10,12,19H,4-5,11,13-14H2,1-3H3,(H,24,29). The van der Waals surface area contributed by atoms with E-state index in [1.165, 1.54) is 6.08 Å². The minimum atomic E-state index is -0.503. The van der Waals surface area contributed by atoms with Gasteiger partial charge in [-0.2, -0.15) is 5.10 Å². The molecule has 30 heavy (non-hydrogen) atoms. The molecule has 0 saturated carbocycles. The molecule has 1 N–H and O–H groups in total. The second kappa shape index (κ2) is 10.2. The summed E-state index contributed by atoms with van der Waals surface area (Å²) in [5, 5.41) is 7.92. The number of aryl methyl sites for hydroxylation is 3. The Morgan fingerprint density at radius 1 is 1.37 bits per heavy atom. The van der Waals surface area contributed by atoms with Crippen molar-refractivity contribution in [3.05, 3.63) is 52.3 Å². The van der Waals surface area contributed by atoms with Gasteiger partial charge in [-0.25, -0.2) is 0 Å². The lowest BCUT2D eigenvalue weighted by Crippen LogP contribution is -2.43. The molecule has 0 aliphatic carbocycles. The molecule has 1 aliphatic heterocycles. The van der Waals surface area contributed by atoms with Crippen LogP contribution >= 0.6 is 23.4 Å². The second-order valence-corrected chi connectivity index (χ2v) is 8.74. The fraction of sp³-hybridized carbons (Fsp3) is 0.409. The number of hydrogen-bond donors (Lipinski definition) is 1. The molecular formula is C22H27ClN4O2S. The van der Waals surface area contributed by atoms with E-state index in [9.17, 15) is 9.59 Å². The van der Waals surface area contributed by atoms with E-state index in [4.69, 9.17) is 11.6 Å². The van der Waals surface area contributed by atoms with Crippen molar-refractivity contribution in [2.24, 2.45) is 0 Å². The highest BCUT2D eigenvalue weighted by Crippen LogP contribution is 2.25. The summed E-state index contributed by atoms with van der Waals surface area (Å²) in [5.41, 5.74) is 3.33. The Labute approximate surface area is 186 Å². The lowest BCUT2D eigenvalue weighted by molar-refractivity contribution is -0.132. The maximum atomic E-state index is 12.8. The van der Waals surface area contributed by atoms with Gasteiger partial charge in [0.2, 0.25) is 11.8 Å². The van der Waals surface area contributed by atoms with Gasteiger partial charge >= 0.3 is 0 Å². The molecule has 160 valence electrons. The van der Waals surface area contributed by atoms with Crippen molar-refractivity contribution in [3.63, 3.8) is 0 Å². The number of anilines is 1. The van der Waals surface area contributed by atoms with E-state index in [0.717, 1.165) is 41.9 Å². The first-order valence-corrected chi connectivity index (χ1v) is 11.6. The molecule has 3 rings (SSSR count). The monoisotopic (exact) mass is 446 g/mol. The third kappa shape index (κ3) is 5.26. The van der Waals surface area contributed by atoms with Gasteiger partial charge in [-0.1, -0.05) is 37.1 Å². The lowest BCUT2D eigenvalue weighted by atomic mass is 10.2. The summed E-state index contributed by atoms with van der Waals surface area (Å²) < 4.78 is 1.77. The first kappa shape index (κ1) is 22.4. The van der Waals surface area contributed by atoms with Crippen molar-refractivity contribution in [1.29, 1.82) is 0 Å². The third-order valence-corrected chi connectivity index (χ3v) is 6.39. The van der Waals surface area contributed by atoms with Gasteiger partial charge in [-0.3, -0.25) is 14.3 Å². The summed E-state index contributed by atoms with van der Waals surface area (Å²) >= 11 is 8.02. The molecule has 1 aliphatic rings. The quantitative estimate of drug-likeness (QED) is 0.635. The first-order valence-electron chi connectivity index (χ1n) is 10.1. The van der Waals surface area contributed by atoms with Gasteiger partial charge in [0.05, 0.1) is 11.6 Å². The second-order valence-electron chi connectivity index (χ2n) is 7.38. The number of nitrogens with one attached hydrogen (secondary N) is 1. The van der Waals surface area contributed by atoms with Gasteiger partial charge in [0.25, 0.3) is 0 Å². The molecule has 1 fully saturated rings. The molecular weight excluding hydrogens is 420 g/mol. The highest BCUT2D eigenvalue weighted by atomic mass is 35.5. The maximum absolute atomic E-state index is 12.8. The Bertz CT molecular complexity index is 957. The predicted octanol–water partition coefficient (Wildman–Crippen LogP) is 4.51. The Hall–Kier alpha value is -2.25. The number of benzene rings is 1. The smallest absolute Gasteiger partial charge is 0.248 e. The fourth-order valence-corrected chi connectivity index (χ4v) is 4.77. The molecule has 2 aromatic rings. The minimum Gasteiger partial charge on any atom is -0.324 e. The number of carbonyl (C=O) groups is 2. The molecule has 1 unspecified atom stereocenters. The average Bonchev–Trinajstić information content (AvgIpc) is 3.30. The largest absolute Gasteiger partial charge is 0.324 e. The zero-order valence-electron chi connectivity index (χ0n) is 17.5. The van der Waals surface area contributed by atoms with Gasteiger partial charge in [0.15, 0.2) is 0 Å². The zero-order valence-corrected chi connectivity index (χ0v) is 19.1. The number of hydrogen-bond acceptors (Lipinski definition) is 4. The van der Waals surface area contributed by atoms with E-state index >= 15 is 0 Å². The number of halogens is 1. The molecule has 0 radical (unpaired) electrons. The Morgan fingerprint density at radius 2 is 2.17 bits per heavy atom. The molecule has 8 heteroatoms. The topological polar surface area (TPSA) is 67.2 Å². The molecule has 2 heterocycles. The van der Waals surface area contributed by atoms with E-state index in [-0.39, 0.29) is 11.8 Å². The first-order chi connectivity index (χ1) is 14.4. The molecule has 0 spiro atoms. The molecule has 1 saturated heterocycles. The Balaban J connectivity index is 1.68. The van der Waals surface area contributed by atoms with Gasteiger partial charge in [0, 0.05) is 29.6 Å². The number of rotatable bonds is 7. The molecule has 0 bridgehead atoms. The number of carbonyl (C=O) groups excluding carboxylic acids is 2. The summed E-state index contributed by atoms with van der Waals surface area (Å²) in [6.45, 7) is 6.72. The minimum absolute atomic E-state index is 0.172. The highest BCUT2D eigenvalue weighted by Gasteiger charge is 2.33. The van der Waals surface area contributed by atoms with Gasteiger partial charge < -0.3 is 10.2 Å². The van der Waals surface area contributed by atoms with E-state index < -0.39 is 6.04 Å². The maximum Gasteiger partial charge on any atom is 0.248 e. The number of amides is 2. The summed E-state index contributed by atoms with van der Waals surface area (Å²) in [6, 6.07) is 7.12. The van der Waals surface area contributed by atoms with Crippen LogP contribution in [0, 0.1) is 13.8 Å². The van der Waals surface area contributed by atoms with E-state index in [1.807, 2.05) is 38.1 Å². The van der Waals surface area contributed by atoms with Gasteiger partial charge in [0.1, 0.15) is 11.2 Å². The van der Waals surface area contributed by atoms with Crippen LogP contribution in [0.1, 0.15) is 36.6 Å². The van der Waals surface area contributed by atoms with Crippen molar-refractivity contribution in [1.82, 2.24) is 14.7 Å². The Morgan fingerprint density at radius 3 is 2.90 bits per heavy atom. The van der Waals surface area contributed by atoms with Crippen LogP contribution in [0.15, 0.2) is 30.3 Å². The third-order valence-electron chi connectivity index (χ3n) is 4.98. The fourth-order valence-electron chi connectivity index (χ4n) is 3.29. The van der Waals surface area contributed by atoms with Gasteiger partial charge in [-0.05, 0) is 44.0 Å².